The molecule has 3 heteroatoms. The van der Waals surface area contributed by atoms with Gasteiger partial charge in [-0.3, -0.25) is 0 Å². The molecule has 0 N–H and O–H groups in total. The molecule has 0 bridgehead atoms. The summed E-state index contributed by atoms with van der Waals surface area (Å²) >= 11 is 0. The van der Waals surface area contributed by atoms with E-state index in [9.17, 15) is 1.37 Å². The molecular formula is C48H31NO2. The number of benzene rings is 8. The van der Waals surface area contributed by atoms with E-state index in [4.69, 9.17) is 17.1 Å². The fraction of sp³-hybridized carbons (Fsp3) is 0. The Bertz CT molecular complexity index is 3230. The van der Waals surface area contributed by atoms with E-state index >= 15 is 0 Å². The molecule has 2 aromatic heterocycles. The molecule has 0 spiro atoms. The fourth-order valence-electron chi connectivity index (χ4n) is 6.91. The number of para-hydroxylation sites is 2. The fourth-order valence-corrected chi connectivity index (χ4v) is 6.91. The lowest BCUT2D eigenvalue weighted by Gasteiger charge is -2.28. The molecule has 0 atom stereocenters. The van der Waals surface area contributed by atoms with E-state index < -0.39 is 18.1 Å². The van der Waals surface area contributed by atoms with Crippen molar-refractivity contribution in [3.05, 3.63) is 188 Å². The van der Waals surface area contributed by atoms with Crippen LogP contribution in [0.1, 0.15) is 9.60 Å². The predicted molar refractivity (Wildman–Crippen MR) is 212 cm³/mol. The monoisotopic (exact) mass is 660 g/mol. The van der Waals surface area contributed by atoms with E-state index in [0.29, 0.717) is 11.1 Å². The summed E-state index contributed by atoms with van der Waals surface area (Å²) in [5, 5.41) is 2.06. The summed E-state index contributed by atoms with van der Waals surface area (Å²) in [7, 11) is 0. The van der Waals surface area contributed by atoms with Gasteiger partial charge in [-0.05, 0) is 82.3 Å². The summed E-state index contributed by atoms with van der Waals surface area (Å²) in [6.07, 6.45) is 0. The van der Waals surface area contributed by atoms with Gasteiger partial charge in [-0.15, -0.1) is 0 Å². The van der Waals surface area contributed by atoms with Crippen molar-refractivity contribution >= 4 is 60.9 Å². The molecule has 10 aromatic rings. The number of anilines is 3. The first kappa shape index (κ1) is 22.7. The number of nitrogens with zero attached hydrogens (tertiary/aromatic N) is 1. The molecule has 0 amide bonds. The Morgan fingerprint density at radius 1 is 0.392 bits per heavy atom. The molecule has 0 saturated heterocycles. The maximum atomic E-state index is 9.33. The van der Waals surface area contributed by atoms with E-state index in [0.717, 1.165) is 55.7 Å². The molecule has 240 valence electrons. The zero-order valence-corrected chi connectivity index (χ0v) is 27.1. The normalized spacial score (nSPS) is 13.5. The quantitative estimate of drug-likeness (QED) is 0.178. The smallest absolute Gasteiger partial charge is 0.160 e. The second-order valence-electron chi connectivity index (χ2n) is 12.4. The van der Waals surface area contributed by atoms with Crippen molar-refractivity contribution in [1.29, 1.82) is 0 Å². The summed E-state index contributed by atoms with van der Waals surface area (Å²) in [6, 6.07) is 46.0. The largest absolute Gasteiger partial charge is 0.456 e. The van der Waals surface area contributed by atoms with Crippen molar-refractivity contribution < 1.29 is 18.4 Å². The number of hydrogen-bond donors (Lipinski definition) is 0. The lowest BCUT2D eigenvalue weighted by Crippen LogP contribution is -2.11. The van der Waals surface area contributed by atoms with E-state index in [-0.39, 0.29) is 51.7 Å². The van der Waals surface area contributed by atoms with Crippen LogP contribution in [-0.4, -0.2) is 0 Å². The number of hydrogen-bond acceptors (Lipinski definition) is 3. The van der Waals surface area contributed by atoms with Crippen LogP contribution in [0.3, 0.4) is 0 Å². The van der Waals surface area contributed by atoms with Crippen LogP contribution in [0.25, 0.3) is 77.3 Å². The van der Waals surface area contributed by atoms with Crippen LogP contribution in [-0.2, 0) is 0 Å². The molecule has 0 aliphatic heterocycles. The first-order valence-electron chi connectivity index (χ1n) is 20.2. The SMILES string of the molecule is [2H]c1c([2H])c([2H])c2c(oc3c([2H])c([2H])c(-c4ccc(N(c5ccc(-c6ccccc6)cc5)c5c(-c6ccccc6)ccc6c5oc5ccccc56)cc4)c([2H])c32)c1[2H]. The highest BCUT2D eigenvalue weighted by Crippen LogP contribution is 2.48. The molecule has 10 rings (SSSR count). The first-order chi connectivity index (χ1) is 28.2. The molecule has 0 aliphatic carbocycles. The standard InChI is InChI=1S/C48H31NO2/c1-3-11-32(12-4-1)33-19-24-37(25-20-33)49(38-26-21-34(22-27-38)36-23-30-46-43(31-36)41-16-8-9-17-44(41)50-46)47-39(35-13-5-2-6-14-35)28-29-42-40-15-7-10-18-45(40)51-48(42)47/h1-31H/i8D,9D,16D,17D,23D,30D,31D. The number of furan rings is 2. The third kappa shape index (κ3) is 4.98. The van der Waals surface area contributed by atoms with Crippen LogP contribution in [0, 0.1) is 0 Å². The highest BCUT2D eigenvalue weighted by Gasteiger charge is 2.24. The van der Waals surface area contributed by atoms with Gasteiger partial charge >= 0.3 is 0 Å². The zero-order valence-electron chi connectivity index (χ0n) is 34.1. The molecule has 0 fully saturated rings. The number of fused-ring (bicyclic) bond motifs is 6. The Morgan fingerprint density at radius 2 is 1.00 bits per heavy atom. The summed E-state index contributed by atoms with van der Waals surface area (Å²) in [4.78, 5) is 2.16. The second kappa shape index (κ2) is 11.9. The van der Waals surface area contributed by atoms with Gasteiger partial charge in [-0.1, -0.05) is 133 Å². The molecule has 0 unspecified atom stereocenters. The minimum Gasteiger partial charge on any atom is -0.456 e. The molecular weight excluding hydrogens is 623 g/mol. The lowest BCUT2D eigenvalue weighted by molar-refractivity contribution is 0.668. The van der Waals surface area contributed by atoms with Crippen LogP contribution in [0.5, 0.6) is 0 Å². The van der Waals surface area contributed by atoms with Gasteiger partial charge in [0, 0.05) is 38.5 Å². The van der Waals surface area contributed by atoms with Crippen molar-refractivity contribution in [2.45, 2.75) is 0 Å². The average Bonchev–Trinajstić information content (AvgIpc) is 3.86. The number of rotatable bonds is 6. The Labute approximate surface area is 305 Å². The van der Waals surface area contributed by atoms with Gasteiger partial charge in [-0.25, -0.2) is 0 Å². The Kier molecular flexibility index (Phi) is 5.32. The van der Waals surface area contributed by atoms with Crippen LogP contribution < -0.4 is 4.90 Å². The minimum atomic E-state index is -0.468. The van der Waals surface area contributed by atoms with Crippen molar-refractivity contribution in [2.24, 2.45) is 0 Å². The van der Waals surface area contributed by atoms with Crippen LogP contribution >= 0.6 is 0 Å². The Hall–Kier alpha value is -6.84. The van der Waals surface area contributed by atoms with Crippen LogP contribution in [0.4, 0.5) is 17.1 Å². The van der Waals surface area contributed by atoms with E-state index in [1.165, 1.54) is 0 Å². The summed E-state index contributed by atoms with van der Waals surface area (Å²) in [5.41, 5.74) is 8.45. The summed E-state index contributed by atoms with van der Waals surface area (Å²) in [5.74, 6) is 0. The van der Waals surface area contributed by atoms with Crippen molar-refractivity contribution in [3.63, 3.8) is 0 Å². The minimum absolute atomic E-state index is 0.0230. The van der Waals surface area contributed by atoms with Crippen molar-refractivity contribution in [1.82, 2.24) is 0 Å². The van der Waals surface area contributed by atoms with Gasteiger partial charge in [-0.2, -0.15) is 0 Å². The van der Waals surface area contributed by atoms with Gasteiger partial charge in [0.25, 0.3) is 0 Å². The maximum absolute atomic E-state index is 9.33. The van der Waals surface area contributed by atoms with E-state index in [1.54, 1.807) is 0 Å². The van der Waals surface area contributed by atoms with Crippen molar-refractivity contribution in [2.75, 3.05) is 4.90 Å². The zero-order chi connectivity index (χ0) is 39.8. The average molecular weight is 661 g/mol. The van der Waals surface area contributed by atoms with Gasteiger partial charge in [0.2, 0.25) is 0 Å². The third-order valence-electron chi connectivity index (χ3n) is 9.36. The van der Waals surface area contributed by atoms with Crippen molar-refractivity contribution in [3.8, 4) is 33.4 Å². The molecule has 3 nitrogen and oxygen atoms in total. The highest BCUT2D eigenvalue weighted by atomic mass is 16.3. The predicted octanol–water partition coefficient (Wildman–Crippen LogP) is 14.0. The molecule has 0 saturated carbocycles. The van der Waals surface area contributed by atoms with Gasteiger partial charge in [0.1, 0.15) is 16.7 Å². The Balaban J connectivity index is 1.20. The van der Waals surface area contributed by atoms with E-state index in [2.05, 4.69) is 71.6 Å². The second-order valence-corrected chi connectivity index (χ2v) is 12.4. The van der Waals surface area contributed by atoms with Gasteiger partial charge < -0.3 is 13.7 Å². The Morgan fingerprint density at radius 3 is 1.75 bits per heavy atom. The summed E-state index contributed by atoms with van der Waals surface area (Å²) in [6.45, 7) is 0. The highest BCUT2D eigenvalue weighted by molar-refractivity contribution is 6.14. The molecule has 51 heavy (non-hydrogen) atoms. The molecule has 0 radical (unpaired) electrons. The van der Waals surface area contributed by atoms with Gasteiger partial charge in [0.15, 0.2) is 5.58 Å². The third-order valence-corrected chi connectivity index (χ3v) is 9.36. The lowest BCUT2D eigenvalue weighted by atomic mass is 9.98. The van der Waals surface area contributed by atoms with Crippen LogP contribution in [0.15, 0.2) is 197 Å². The molecule has 8 aromatic carbocycles. The maximum Gasteiger partial charge on any atom is 0.160 e. The van der Waals surface area contributed by atoms with Gasteiger partial charge in [0.05, 0.1) is 15.3 Å². The molecule has 0 aliphatic rings. The van der Waals surface area contributed by atoms with E-state index in [1.807, 2.05) is 78.9 Å². The van der Waals surface area contributed by atoms with Crippen LogP contribution in [0.2, 0.25) is 0 Å². The molecule has 2 heterocycles. The topological polar surface area (TPSA) is 29.5 Å². The summed E-state index contributed by atoms with van der Waals surface area (Å²) < 4.78 is 73.3. The first-order valence-corrected chi connectivity index (χ1v) is 16.7.